The molecule has 0 saturated carbocycles. The Kier molecular flexibility index (Phi) is 6.44. The third-order valence-electron chi connectivity index (χ3n) is 3.24. The monoisotopic (exact) mass is 376 g/mol. The number of para-hydroxylation sites is 3. The summed E-state index contributed by atoms with van der Waals surface area (Å²) >= 11 is 0. The predicted octanol–water partition coefficient (Wildman–Crippen LogP) is 4.53. The van der Waals surface area contributed by atoms with Gasteiger partial charge >= 0.3 is 6.36 Å². The molecule has 0 heterocycles. The van der Waals surface area contributed by atoms with Gasteiger partial charge in [-0.1, -0.05) is 30.3 Å². The molecular weight excluding hydrogens is 361 g/mol. The van der Waals surface area contributed by atoms with E-state index in [4.69, 9.17) is 4.74 Å². The molecule has 140 valence electrons. The smallest absolute Gasteiger partial charge is 0.492 e. The summed E-state index contributed by atoms with van der Waals surface area (Å²) in [6.45, 7) is 2.15. The first-order chi connectivity index (χ1) is 12.8. The molecule has 0 aliphatic rings. The van der Waals surface area contributed by atoms with Crippen LogP contribution in [0, 0.1) is 11.3 Å². The van der Waals surface area contributed by atoms with E-state index in [1.165, 1.54) is 18.2 Å². The van der Waals surface area contributed by atoms with Gasteiger partial charge in [0.1, 0.15) is 23.1 Å². The molecule has 1 N–H and O–H groups in total. The lowest BCUT2D eigenvalue weighted by Crippen LogP contribution is -2.18. The molecule has 0 radical (unpaired) electrons. The van der Waals surface area contributed by atoms with Crippen molar-refractivity contribution in [2.45, 2.75) is 13.3 Å². The molecule has 0 bridgehead atoms. The Balaban J connectivity index is 2.30. The highest BCUT2D eigenvalue weighted by Gasteiger charge is 2.31. The van der Waals surface area contributed by atoms with Gasteiger partial charge in [-0.05, 0) is 31.2 Å². The average Bonchev–Trinajstić information content (AvgIpc) is 2.61. The maximum absolute atomic E-state index is 12.5. The largest absolute Gasteiger partial charge is 0.573 e. The van der Waals surface area contributed by atoms with E-state index in [0.29, 0.717) is 18.0 Å². The number of ether oxygens (including phenoxy) is 2. The van der Waals surface area contributed by atoms with Crippen molar-refractivity contribution >= 4 is 17.7 Å². The highest BCUT2D eigenvalue weighted by atomic mass is 19.4. The van der Waals surface area contributed by atoms with Crippen molar-refractivity contribution in [3.8, 4) is 17.6 Å². The maximum atomic E-state index is 12.5. The van der Waals surface area contributed by atoms with E-state index < -0.39 is 18.0 Å². The van der Waals surface area contributed by atoms with E-state index in [1.54, 1.807) is 37.3 Å². The summed E-state index contributed by atoms with van der Waals surface area (Å²) in [7, 11) is 0. The van der Waals surface area contributed by atoms with Gasteiger partial charge in [0.25, 0.3) is 5.91 Å². The summed E-state index contributed by atoms with van der Waals surface area (Å²) in [6.07, 6.45) is -3.87. The zero-order valence-electron chi connectivity index (χ0n) is 14.2. The number of nitriles is 1. The highest BCUT2D eigenvalue weighted by Crippen LogP contribution is 2.28. The standard InChI is InChI=1S/C19H15F3N2O3/c1-2-26-17-10-6-4-8-15(17)24-18(25)14(12-23)11-13-7-3-5-9-16(13)27-19(20,21)22/h3-11H,2H2,1H3,(H,24,25)/b14-11+. The molecule has 2 aromatic rings. The van der Waals surface area contributed by atoms with Crippen molar-refractivity contribution in [1.29, 1.82) is 5.26 Å². The SMILES string of the molecule is CCOc1ccccc1NC(=O)/C(C#N)=C/c1ccccc1OC(F)(F)F. The summed E-state index contributed by atoms with van der Waals surface area (Å²) in [6, 6.07) is 13.5. The van der Waals surface area contributed by atoms with Crippen molar-refractivity contribution in [3.63, 3.8) is 0 Å². The maximum Gasteiger partial charge on any atom is 0.573 e. The Morgan fingerprint density at radius 3 is 2.41 bits per heavy atom. The number of rotatable bonds is 6. The molecule has 5 nitrogen and oxygen atoms in total. The Bertz CT molecular complexity index is 886. The van der Waals surface area contributed by atoms with Crippen LogP contribution in [0.3, 0.4) is 0 Å². The van der Waals surface area contributed by atoms with Gasteiger partial charge in [0.15, 0.2) is 0 Å². The number of nitrogens with zero attached hydrogens (tertiary/aromatic N) is 1. The highest BCUT2D eigenvalue weighted by molar-refractivity contribution is 6.10. The van der Waals surface area contributed by atoms with Crippen molar-refractivity contribution in [2.75, 3.05) is 11.9 Å². The number of amides is 1. The molecule has 0 aliphatic heterocycles. The molecular formula is C19H15F3N2O3. The lowest BCUT2D eigenvalue weighted by molar-refractivity contribution is -0.274. The lowest BCUT2D eigenvalue weighted by atomic mass is 10.1. The number of alkyl halides is 3. The second-order valence-electron chi connectivity index (χ2n) is 5.14. The number of hydrogen-bond donors (Lipinski definition) is 1. The molecule has 0 saturated heterocycles. The van der Waals surface area contributed by atoms with E-state index in [1.807, 2.05) is 0 Å². The van der Waals surface area contributed by atoms with Crippen molar-refractivity contribution < 1.29 is 27.4 Å². The minimum absolute atomic E-state index is 0.0559. The van der Waals surface area contributed by atoms with Crippen LogP contribution in [-0.2, 0) is 4.79 Å². The Hall–Kier alpha value is -3.47. The Labute approximate surface area is 153 Å². The summed E-state index contributed by atoms with van der Waals surface area (Å²) in [4.78, 5) is 12.4. The predicted molar refractivity (Wildman–Crippen MR) is 93.0 cm³/mol. The van der Waals surface area contributed by atoms with E-state index in [0.717, 1.165) is 12.1 Å². The van der Waals surface area contributed by atoms with Crippen LogP contribution in [0.25, 0.3) is 6.08 Å². The minimum Gasteiger partial charge on any atom is -0.492 e. The van der Waals surface area contributed by atoms with E-state index >= 15 is 0 Å². The van der Waals surface area contributed by atoms with Gasteiger partial charge in [-0.15, -0.1) is 13.2 Å². The number of carbonyl (C=O) groups excluding carboxylic acids is 1. The second kappa shape index (κ2) is 8.76. The molecule has 0 atom stereocenters. The molecule has 27 heavy (non-hydrogen) atoms. The molecule has 8 heteroatoms. The molecule has 2 rings (SSSR count). The fraction of sp³-hybridized carbons (Fsp3) is 0.158. The van der Waals surface area contributed by atoms with Crippen LogP contribution in [0.4, 0.5) is 18.9 Å². The third kappa shape index (κ3) is 5.78. The summed E-state index contributed by atoms with van der Waals surface area (Å²) in [5.41, 5.74) is -0.107. The normalized spacial score (nSPS) is 11.4. The quantitative estimate of drug-likeness (QED) is 0.594. The zero-order chi connectivity index (χ0) is 19.9. The molecule has 0 spiro atoms. The fourth-order valence-electron chi connectivity index (χ4n) is 2.16. The first-order valence-corrected chi connectivity index (χ1v) is 7.83. The van der Waals surface area contributed by atoms with Gasteiger partial charge in [0, 0.05) is 5.56 Å². The zero-order valence-corrected chi connectivity index (χ0v) is 14.2. The van der Waals surface area contributed by atoms with Crippen LogP contribution in [0.15, 0.2) is 54.1 Å². The molecule has 0 aromatic heterocycles. The van der Waals surface area contributed by atoms with Gasteiger partial charge in [-0.25, -0.2) is 0 Å². The molecule has 1 amide bonds. The summed E-state index contributed by atoms with van der Waals surface area (Å²) < 4.78 is 46.8. The Morgan fingerprint density at radius 2 is 1.78 bits per heavy atom. The number of nitrogens with one attached hydrogen (secondary N) is 1. The van der Waals surface area contributed by atoms with Gasteiger partial charge < -0.3 is 14.8 Å². The number of halogens is 3. The topological polar surface area (TPSA) is 71.3 Å². The van der Waals surface area contributed by atoms with E-state index in [-0.39, 0.29) is 11.1 Å². The first kappa shape index (κ1) is 19.8. The van der Waals surface area contributed by atoms with Gasteiger partial charge in [0.2, 0.25) is 0 Å². The van der Waals surface area contributed by atoms with Gasteiger partial charge in [-0.3, -0.25) is 4.79 Å². The van der Waals surface area contributed by atoms with Crippen LogP contribution < -0.4 is 14.8 Å². The van der Waals surface area contributed by atoms with Crippen LogP contribution in [0.1, 0.15) is 12.5 Å². The first-order valence-electron chi connectivity index (χ1n) is 7.83. The van der Waals surface area contributed by atoms with Crippen molar-refractivity contribution in [1.82, 2.24) is 0 Å². The van der Waals surface area contributed by atoms with Gasteiger partial charge in [-0.2, -0.15) is 5.26 Å². The van der Waals surface area contributed by atoms with Crippen LogP contribution in [-0.4, -0.2) is 18.9 Å². The van der Waals surface area contributed by atoms with Crippen molar-refractivity contribution in [3.05, 3.63) is 59.7 Å². The molecule has 0 fully saturated rings. The van der Waals surface area contributed by atoms with Crippen LogP contribution in [0.5, 0.6) is 11.5 Å². The summed E-state index contributed by atoms with van der Waals surface area (Å²) in [5.74, 6) is -0.891. The van der Waals surface area contributed by atoms with Crippen LogP contribution >= 0.6 is 0 Å². The average molecular weight is 376 g/mol. The number of hydrogen-bond acceptors (Lipinski definition) is 4. The number of anilines is 1. The number of carbonyl (C=O) groups is 1. The molecule has 2 aromatic carbocycles. The fourth-order valence-corrected chi connectivity index (χ4v) is 2.16. The lowest BCUT2D eigenvalue weighted by Gasteiger charge is -2.12. The minimum atomic E-state index is -4.89. The molecule has 0 unspecified atom stereocenters. The van der Waals surface area contributed by atoms with Crippen LogP contribution in [0.2, 0.25) is 0 Å². The second-order valence-corrected chi connectivity index (χ2v) is 5.14. The summed E-state index contributed by atoms with van der Waals surface area (Å²) in [5, 5.41) is 11.8. The number of benzene rings is 2. The third-order valence-corrected chi connectivity index (χ3v) is 3.24. The van der Waals surface area contributed by atoms with E-state index in [2.05, 4.69) is 10.1 Å². The Morgan fingerprint density at radius 1 is 1.15 bits per heavy atom. The van der Waals surface area contributed by atoms with Gasteiger partial charge in [0.05, 0.1) is 12.3 Å². The van der Waals surface area contributed by atoms with Crippen molar-refractivity contribution in [2.24, 2.45) is 0 Å². The molecule has 0 aliphatic carbocycles. The van der Waals surface area contributed by atoms with E-state index in [9.17, 15) is 23.2 Å².